The number of benzene rings is 2. The van der Waals surface area contributed by atoms with Crippen LogP contribution in [0.2, 0.25) is 0 Å². The van der Waals surface area contributed by atoms with E-state index in [4.69, 9.17) is 9.47 Å². The molecule has 0 aromatic heterocycles. The number of guanidine groups is 1. The van der Waals surface area contributed by atoms with Crippen molar-refractivity contribution in [3.63, 3.8) is 0 Å². The summed E-state index contributed by atoms with van der Waals surface area (Å²) in [5.74, 6) is 1.87. The average molecular weight is 497 g/mol. The minimum absolute atomic E-state index is 0. The summed E-state index contributed by atoms with van der Waals surface area (Å²) in [5, 5.41) is 6.45. The molecule has 0 amide bonds. The zero-order chi connectivity index (χ0) is 18.9. The first-order valence-corrected chi connectivity index (χ1v) is 9.05. The van der Waals surface area contributed by atoms with Crippen LogP contribution in [-0.4, -0.2) is 32.3 Å². The van der Waals surface area contributed by atoms with Crippen molar-refractivity contribution in [3.05, 3.63) is 66.5 Å². The second-order valence-electron chi connectivity index (χ2n) is 6.12. The highest BCUT2D eigenvalue weighted by Crippen LogP contribution is 2.32. The number of fused-ring (bicyclic) bond motifs is 1. The van der Waals surface area contributed by atoms with Crippen molar-refractivity contribution in [2.45, 2.75) is 12.8 Å². The van der Waals surface area contributed by atoms with E-state index in [1.165, 1.54) is 12.1 Å². The highest BCUT2D eigenvalue weighted by Gasteiger charge is 2.11. The Balaban J connectivity index is 0.00000280. The lowest BCUT2D eigenvalue weighted by molar-refractivity contribution is 0.297. The van der Waals surface area contributed by atoms with Crippen LogP contribution in [0.4, 0.5) is 10.1 Å². The average Bonchev–Trinajstić information content (AvgIpc) is 2.91. The van der Waals surface area contributed by atoms with Gasteiger partial charge in [-0.25, -0.2) is 4.39 Å². The molecule has 0 fully saturated rings. The van der Waals surface area contributed by atoms with Gasteiger partial charge in [-0.05, 0) is 36.2 Å². The second-order valence-corrected chi connectivity index (χ2v) is 6.12. The Hall–Kier alpha value is -2.29. The topological polar surface area (TPSA) is 54.9 Å². The van der Waals surface area contributed by atoms with E-state index < -0.39 is 0 Å². The van der Waals surface area contributed by atoms with Gasteiger partial charge >= 0.3 is 0 Å². The third kappa shape index (κ3) is 6.70. The number of rotatable bonds is 6. The standard InChI is InChI=1S/C21H24FN3O2.HI/c1-2-10-23-21(24-11-9-16-5-3-6-17(22)14-16)25-18-7-8-19-20(15-18)27-13-4-12-26-19;/h2-3,5-8,14-15H,1,4,9-13H2,(H2,23,24,25);1H. The van der Waals surface area contributed by atoms with Crippen LogP contribution in [0.15, 0.2) is 60.1 Å². The monoisotopic (exact) mass is 497 g/mol. The number of ether oxygens (including phenoxy) is 2. The van der Waals surface area contributed by atoms with Crippen LogP contribution >= 0.6 is 24.0 Å². The van der Waals surface area contributed by atoms with Gasteiger partial charge in [-0.15, -0.1) is 30.6 Å². The normalized spacial score (nSPS) is 13.1. The van der Waals surface area contributed by atoms with Gasteiger partial charge in [0.25, 0.3) is 0 Å². The maximum Gasteiger partial charge on any atom is 0.196 e. The number of nitrogens with one attached hydrogen (secondary N) is 2. The van der Waals surface area contributed by atoms with Gasteiger partial charge in [-0.2, -0.15) is 0 Å². The number of nitrogens with zero attached hydrogens (tertiary/aromatic N) is 1. The zero-order valence-corrected chi connectivity index (χ0v) is 17.9. The molecular formula is C21H25FIN3O2. The molecule has 0 aliphatic carbocycles. The zero-order valence-electron chi connectivity index (χ0n) is 15.6. The third-order valence-corrected chi connectivity index (χ3v) is 3.98. The van der Waals surface area contributed by atoms with Gasteiger partial charge < -0.3 is 20.1 Å². The molecule has 0 radical (unpaired) electrons. The lowest BCUT2D eigenvalue weighted by Gasteiger charge is -2.14. The Bertz CT molecular complexity index is 814. The minimum atomic E-state index is -0.230. The van der Waals surface area contributed by atoms with E-state index in [1.807, 2.05) is 24.3 Å². The highest BCUT2D eigenvalue weighted by atomic mass is 127. The Morgan fingerprint density at radius 3 is 2.75 bits per heavy atom. The Morgan fingerprint density at radius 2 is 1.96 bits per heavy atom. The minimum Gasteiger partial charge on any atom is -0.490 e. The van der Waals surface area contributed by atoms with Crippen LogP contribution in [0.3, 0.4) is 0 Å². The van der Waals surface area contributed by atoms with Gasteiger partial charge in [0.2, 0.25) is 0 Å². The van der Waals surface area contributed by atoms with Gasteiger partial charge in [0.05, 0.1) is 13.2 Å². The van der Waals surface area contributed by atoms with Gasteiger partial charge in [0.1, 0.15) is 5.82 Å². The van der Waals surface area contributed by atoms with Crippen molar-refractivity contribution in [3.8, 4) is 11.5 Å². The largest absolute Gasteiger partial charge is 0.490 e. The molecule has 150 valence electrons. The number of aliphatic imine (C=N–C) groups is 1. The predicted molar refractivity (Wildman–Crippen MR) is 122 cm³/mol. The summed E-state index contributed by atoms with van der Waals surface area (Å²) in [4.78, 5) is 4.56. The van der Waals surface area contributed by atoms with E-state index in [-0.39, 0.29) is 29.8 Å². The van der Waals surface area contributed by atoms with Crippen molar-refractivity contribution in [2.75, 3.05) is 31.6 Å². The highest BCUT2D eigenvalue weighted by molar-refractivity contribution is 14.0. The maximum atomic E-state index is 13.3. The van der Waals surface area contributed by atoms with E-state index >= 15 is 0 Å². The molecule has 1 aliphatic rings. The van der Waals surface area contributed by atoms with Crippen LogP contribution in [0.5, 0.6) is 11.5 Å². The molecule has 0 bridgehead atoms. The summed E-state index contributed by atoms with van der Waals surface area (Å²) < 4.78 is 24.7. The fraction of sp³-hybridized carbons (Fsp3) is 0.286. The van der Waals surface area contributed by atoms with Crippen molar-refractivity contribution >= 4 is 35.6 Å². The van der Waals surface area contributed by atoms with Crippen LogP contribution < -0.4 is 20.1 Å². The van der Waals surface area contributed by atoms with E-state index in [9.17, 15) is 4.39 Å². The van der Waals surface area contributed by atoms with Crippen LogP contribution in [-0.2, 0) is 6.42 Å². The fourth-order valence-corrected chi connectivity index (χ4v) is 2.68. The Labute approximate surface area is 182 Å². The molecule has 2 aromatic carbocycles. The molecule has 0 atom stereocenters. The molecule has 0 saturated carbocycles. The molecule has 2 N–H and O–H groups in total. The summed E-state index contributed by atoms with van der Waals surface area (Å²) in [6.07, 6.45) is 3.28. The number of hydrogen-bond acceptors (Lipinski definition) is 3. The van der Waals surface area contributed by atoms with Crippen molar-refractivity contribution in [2.24, 2.45) is 4.99 Å². The molecule has 7 heteroatoms. The molecule has 3 rings (SSSR count). The summed E-state index contributed by atoms with van der Waals surface area (Å²) in [5.41, 5.74) is 1.76. The summed E-state index contributed by atoms with van der Waals surface area (Å²) in [6, 6.07) is 12.3. The molecule has 0 spiro atoms. The lowest BCUT2D eigenvalue weighted by Crippen LogP contribution is -2.31. The van der Waals surface area contributed by atoms with Gasteiger partial charge in [0.15, 0.2) is 17.5 Å². The second kappa shape index (κ2) is 11.5. The Morgan fingerprint density at radius 1 is 1.14 bits per heavy atom. The summed E-state index contributed by atoms with van der Waals surface area (Å²) >= 11 is 0. The number of hydrogen-bond donors (Lipinski definition) is 2. The molecule has 1 heterocycles. The lowest BCUT2D eigenvalue weighted by atomic mass is 10.1. The molecule has 28 heavy (non-hydrogen) atoms. The molecule has 5 nitrogen and oxygen atoms in total. The van der Waals surface area contributed by atoms with Crippen LogP contribution in [0.1, 0.15) is 12.0 Å². The molecular weight excluding hydrogens is 472 g/mol. The van der Waals surface area contributed by atoms with Gasteiger partial charge in [-0.1, -0.05) is 18.2 Å². The summed E-state index contributed by atoms with van der Waals surface area (Å²) in [6.45, 7) is 6.13. The van der Waals surface area contributed by atoms with Crippen LogP contribution in [0.25, 0.3) is 0 Å². The van der Waals surface area contributed by atoms with Crippen molar-refractivity contribution < 1.29 is 13.9 Å². The molecule has 0 unspecified atom stereocenters. The maximum absolute atomic E-state index is 13.3. The van der Waals surface area contributed by atoms with E-state index in [2.05, 4.69) is 22.2 Å². The third-order valence-electron chi connectivity index (χ3n) is 3.98. The number of halogens is 2. The van der Waals surface area contributed by atoms with Gasteiger partial charge in [0, 0.05) is 31.3 Å². The smallest absolute Gasteiger partial charge is 0.196 e. The van der Waals surface area contributed by atoms with E-state index in [1.54, 1.807) is 12.1 Å². The summed E-state index contributed by atoms with van der Waals surface area (Å²) in [7, 11) is 0. The number of anilines is 1. The molecule has 1 aliphatic heterocycles. The molecule has 0 saturated heterocycles. The molecule has 2 aromatic rings. The van der Waals surface area contributed by atoms with Crippen LogP contribution in [0, 0.1) is 5.82 Å². The van der Waals surface area contributed by atoms with E-state index in [0.29, 0.717) is 38.7 Å². The predicted octanol–water partition coefficient (Wildman–Crippen LogP) is 4.39. The SMILES string of the molecule is C=CCNC(=NCCc1cccc(F)c1)Nc1ccc2c(c1)OCCCO2.I. The van der Waals surface area contributed by atoms with Crippen molar-refractivity contribution in [1.29, 1.82) is 0 Å². The van der Waals surface area contributed by atoms with E-state index in [0.717, 1.165) is 29.2 Å². The Kier molecular flexibility index (Phi) is 9.06. The fourth-order valence-electron chi connectivity index (χ4n) is 2.68. The quantitative estimate of drug-likeness (QED) is 0.269. The van der Waals surface area contributed by atoms with Crippen molar-refractivity contribution in [1.82, 2.24) is 5.32 Å². The first-order valence-electron chi connectivity index (χ1n) is 9.05. The van der Waals surface area contributed by atoms with Gasteiger partial charge in [-0.3, -0.25) is 4.99 Å². The first-order chi connectivity index (χ1) is 13.2. The first kappa shape index (κ1) is 22.0.